The average molecular weight is 850 g/mol. The van der Waals surface area contributed by atoms with Gasteiger partial charge in [0.05, 0.1) is 34.3 Å². The van der Waals surface area contributed by atoms with Crippen LogP contribution in [0.1, 0.15) is 329 Å². The number of unbranched alkanes of at least 4 members (excludes halogenated alkanes) is 44. The molecule has 362 valence electrons. The average Bonchev–Trinajstić information content (AvgIpc) is 3.24. The highest BCUT2D eigenvalue weighted by atomic mass is 16.5. The molecule has 0 aromatic heterocycles. The summed E-state index contributed by atoms with van der Waals surface area (Å²) in [5.41, 5.74) is 0. The molecule has 3 nitrogen and oxygen atoms in total. The Morgan fingerprint density at radius 2 is 0.450 bits per heavy atom. The van der Waals surface area contributed by atoms with Crippen molar-refractivity contribution in [3.63, 3.8) is 0 Å². The monoisotopic (exact) mass is 849 g/mol. The number of esters is 1. The zero-order valence-corrected chi connectivity index (χ0v) is 43.1. The third-order valence-corrected chi connectivity index (χ3v) is 13.4. The van der Waals surface area contributed by atoms with Crippen LogP contribution in [0.2, 0.25) is 0 Å². The van der Waals surface area contributed by atoms with Gasteiger partial charge in [0.25, 0.3) is 0 Å². The number of rotatable bonds is 50. The topological polar surface area (TPSA) is 26.3 Å². The summed E-state index contributed by atoms with van der Waals surface area (Å²) < 4.78 is 5.88. The first kappa shape index (κ1) is 61.5. The second-order valence-electron chi connectivity index (χ2n) is 20.3. The molecule has 0 unspecified atom stereocenters. The number of hydrogen-bond donors (Lipinski definition) is 0. The lowest BCUT2D eigenvalue weighted by Crippen LogP contribution is -2.41. The molecule has 0 radical (unpaired) electrons. The summed E-state index contributed by atoms with van der Waals surface area (Å²) in [4.78, 5) is 10.9. The van der Waals surface area contributed by atoms with Crippen molar-refractivity contribution in [1.82, 2.24) is 0 Å². The highest BCUT2D eigenvalue weighted by Crippen LogP contribution is 2.17. The van der Waals surface area contributed by atoms with Crippen molar-refractivity contribution in [2.75, 3.05) is 34.3 Å². The Balaban J connectivity index is 0. The van der Waals surface area contributed by atoms with Gasteiger partial charge in [0, 0.05) is 6.42 Å². The smallest absolute Gasteiger partial charge is 0.305 e. The van der Waals surface area contributed by atoms with Crippen molar-refractivity contribution in [1.29, 1.82) is 0 Å². The molecule has 0 N–H and O–H groups in total. The van der Waals surface area contributed by atoms with Crippen LogP contribution in [-0.2, 0) is 9.53 Å². The summed E-state index contributed by atoms with van der Waals surface area (Å²) in [6, 6.07) is 0. The Morgan fingerprint density at radius 1 is 0.283 bits per heavy atom. The molecule has 0 amide bonds. The second kappa shape index (κ2) is 54.6. The molecule has 0 aromatic carbocycles. The number of carbonyl (C=O) groups excluding carboxylic acids is 1. The van der Waals surface area contributed by atoms with Crippen LogP contribution in [0.25, 0.3) is 0 Å². The number of methoxy groups -OCH3 is 1. The molecule has 0 aliphatic rings. The molecule has 3 heteroatoms. The maximum Gasteiger partial charge on any atom is 0.305 e. The standard InChI is InChI=1S/C38H80N.C19H38O2/c1-5-7-9-11-13-15-17-19-21-23-25-27-29-31-33-35-37-39(3,4)38-36-34-32-30-28-26-24-22-20-18-16-14-12-10-8-6-2;1-3-4-5-6-7-8-9-10-11-12-13-14-15-16-17-18-19(20)21-2/h5-38H2,1-4H3;3-18H2,1-2H3/q+1;. The van der Waals surface area contributed by atoms with Crippen molar-refractivity contribution in [2.45, 2.75) is 329 Å². The van der Waals surface area contributed by atoms with Crippen LogP contribution in [0, 0.1) is 0 Å². The summed E-state index contributed by atoms with van der Waals surface area (Å²) in [6.45, 7) is 9.67. The molecular formula is C57H118NO2+. The molecule has 60 heavy (non-hydrogen) atoms. The molecule has 0 saturated heterocycles. The Labute approximate surface area is 381 Å². The van der Waals surface area contributed by atoms with Crippen molar-refractivity contribution < 1.29 is 14.0 Å². The van der Waals surface area contributed by atoms with Gasteiger partial charge in [-0.2, -0.15) is 0 Å². The Hall–Kier alpha value is -0.570. The number of carbonyl (C=O) groups is 1. The summed E-state index contributed by atoms with van der Waals surface area (Å²) in [7, 11) is 6.40. The quantitative estimate of drug-likeness (QED) is 0.0346. The Bertz CT molecular complexity index is 727. The van der Waals surface area contributed by atoms with Crippen LogP contribution in [0.15, 0.2) is 0 Å². The van der Waals surface area contributed by atoms with E-state index in [0.717, 1.165) is 6.42 Å². The van der Waals surface area contributed by atoms with E-state index in [1.54, 1.807) is 0 Å². The van der Waals surface area contributed by atoms with Crippen LogP contribution in [0.4, 0.5) is 0 Å². The predicted molar refractivity (Wildman–Crippen MR) is 272 cm³/mol. The maximum atomic E-state index is 10.9. The van der Waals surface area contributed by atoms with Crippen LogP contribution in [-0.4, -0.2) is 44.7 Å². The van der Waals surface area contributed by atoms with E-state index in [1.165, 1.54) is 320 Å². The van der Waals surface area contributed by atoms with Gasteiger partial charge in [0.15, 0.2) is 0 Å². The first-order chi connectivity index (χ1) is 29.4. The van der Waals surface area contributed by atoms with Crippen LogP contribution >= 0.6 is 0 Å². The fourth-order valence-electron chi connectivity index (χ4n) is 9.03. The zero-order valence-electron chi connectivity index (χ0n) is 43.1. The third kappa shape index (κ3) is 57.4. The van der Waals surface area contributed by atoms with Gasteiger partial charge < -0.3 is 9.22 Å². The molecule has 0 saturated carbocycles. The van der Waals surface area contributed by atoms with Gasteiger partial charge in [0.2, 0.25) is 0 Å². The van der Waals surface area contributed by atoms with Crippen molar-refractivity contribution >= 4 is 5.97 Å². The lowest BCUT2D eigenvalue weighted by molar-refractivity contribution is -0.890. The fourth-order valence-corrected chi connectivity index (χ4v) is 9.03. The van der Waals surface area contributed by atoms with E-state index in [2.05, 4.69) is 39.6 Å². The molecule has 0 aliphatic carbocycles. The molecular weight excluding hydrogens is 731 g/mol. The summed E-state index contributed by atoms with van der Waals surface area (Å²) in [5, 5.41) is 0. The molecule has 0 aliphatic heterocycles. The fraction of sp³-hybridized carbons (Fsp3) is 0.982. The van der Waals surface area contributed by atoms with E-state index >= 15 is 0 Å². The first-order valence-electron chi connectivity index (χ1n) is 28.3. The van der Waals surface area contributed by atoms with E-state index in [-0.39, 0.29) is 5.97 Å². The number of ether oxygens (including phenoxy) is 1. The van der Waals surface area contributed by atoms with Gasteiger partial charge in [-0.25, -0.2) is 0 Å². The summed E-state index contributed by atoms with van der Waals surface area (Å²) in [6.07, 6.45) is 67.9. The van der Waals surface area contributed by atoms with E-state index in [9.17, 15) is 4.79 Å². The van der Waals surface area contributed by atoms with Crippen molar-refractivity contribution in [2.24, 2.45) is 0 Å². The van der Waals surface area contributed by atoms with Crippen LogP contribution < -0.4 is 0 Å². The van der Waals surface area contributed by atoms with Gasteiger partial charge in [0.1, 0.15) is 0 Å². The number of hydrogen-bond acceptors (Lipinski definition) is 2. The molecule has 0 atom stereocenters. The highest BCUT2D eigenvalue weighted by molar-refractivity contribution is 5.68. The van der Waals surface area contributed by atoms with Gasteiger partial charge in [-0.1, -0.05) is 290 Å². The van der Waals surface area contributed by atoms with E-state index < -0.39 is 0 Å². The molecule has 0 aromatic rings. The largest absolute Gasteiger partial charge is 0.469 e. The third-order valence-electron chi connectivity index (χ3n) is 13.4. The maximum absolute atomic E-state index is 10.9. The molecule has 0 heterocycles. The van der Waals surface area contributed by atoms with Gasteiger partial charge in [-0.3, -0.25) is 4.79 Å². The molecule has 0 spiro atoms. The van der Waals surface area contributed by atoms with E-state index in [1.807, 2.05) is 0 Å². The number of nitrogens with zero attached hydrogens (tertiary/aromatic N) is 1. The van der Waals surface area contributed by atoms with E-state index in [4.69, 9.17) is 0 Å². The normalized spacial score (nSPS) is 11.6. The van der Waals surface area contributed by atoms with Crippen LogP contribution in [0.5, 0.6) is 0 Å². The zero-order chi connectivity index (χ0) is 44.1. The minimum atomic E-state index is -0.0651. The highest BCUT2D eigenvalue weighted by Gasteiger charge is 2.13. The van der Waals surface area contributed by atoms with Crippen LogP contribution in [0.3, 0.4) is 0 Å². The second-order valence-corrected chi connectivity index (χ2v) is 20.3. The summed E-state index contributed by atoms with van der Waals surface area (Å²) >= 11 is 0. The minimum absolute atomic E-state index is 0.0651. The lowest BCUT2D eigenvalue weighted by atomic mass is 10.0. The Kier molecular flexibility index (Phi) is 55.9. The molecule has 0 rings (SSSR count). The van der Waals surface area contributed by atoms with Gasteiger partial charge in [-0.15, -0.1) is 0 Å². The van der Waals surface area contributed by atoms with E-state index in [0.29, 0.717) is 6.42 Å². The molecule has 0 bridgehead atoms. The predicted octanol–water partition coefficient (Wildman–Crippen LogP) is 20.0. The SMILES string of the molecule is CCCCCCCCCCCCCCCCCC(=O)OC.CCCCCCCCCCCCCCCCCC[N+](C)(C)CCCCCCCCCCCCCCCCCC. The van der Waals surface area contributed by atoms with Crippen molar-refractivity contribution in [3.05, 3.63) is 0 Å². The number of quaternary nitrogens is 1. The van der Waals surface area contributed by atoms with Crippen molar-refractivity contribution in [3.8, 4) is 0 Å². The van der Waals surface area contributed by atoms with Gasteiger partial charge in [-0.05, 0) is 32.1 Å². The lowest BCUT2D eigenvalue weighted by Gasteiger charge is -2.30. The molecule has 0 fully saturated rings. The first-order valence-corrected chi connectivity index (χ1v) is 28.3. The summed E-state index contributed by atoms with van der Waals surface area (Å²) in [5.74, 6) is -0.0651. The Morgan fingerprint density at radius 3 is 0.633 bits per heavy atom. The van der Waals surface area contributed by atoms with Gasteiger partial charge >= 0.3 is 5.97 Å². The minimum Gasteiger partial charge on any atom is -0.469 e.